The number of anilines is 1. The SMILES string of the molecule is Cc1cc2nc(N3CCN(C(=O)/C=C/c4cccc([N+](=O)[O-])c4)CC3)sc2cc1C. The van der Waals surface area contributed by atoms with E-state index >= 15 is 0 Å². The van der Waals surface area contributed by atoms with Gasteiger partial charge in [0.25, 0.3) is 5.69 Å². The van der Waals surface area contributed by atoms with Crippen molar-refractivity contribution >= 4 is 44.4 Å². The van der Waals surface area contributed by atoms with Crippen LogP contribution in [0.25, 0.3) is 16.3 Å². The lowest BCUT2D eigenvalue weighted by Crippen LogP contribution is -2.48. The van der Waals surface area contributed by atoms with Crippen molar-refractivity contribution in [2.24, 2.45) is 0 Å². The zero-order valence-corrected chi connectivity index (χ0v) is 17.7. The van der Waals surface area contributed by atoms with Crippen molar-refractivity contribution in [1.82, 2.24) is 9.88 Å². The molecule has 0 unspecified atom stereocenters. The summed E-state index contributed by atoms with van der Waals surface area (Å²) < 4.78 is 1.19. The van der Waals surface area contributed by atoms with Crippen LogP contribution in [0.5, 0.6) is 0 Å². The first-order chi connectivity index (χ1) is 14.4. The molecule has 0 atom stereocenters. The summed E-state index contributed by atoms with van der Waals surface area (Å²) in [6.45, 7) is 6.90. The summed E-state index contributed by atoms with van der Waals surface area (Å²) in [7, 11) is 0. The minimum absolute atomic E-state index is 0.0134. The second kappa shape index (κ2) is 8.23. The van der Waals surface area contributed by atoms with E-state index in [0.717, 1.165) is 23.7 Å². The second-order valence-electron chi connectivity index (χ2n) is 7.40. The molecule has 1 aromatic heterocycles. The first-order valence-electron chi connectivity index (χ1n) is 9.75. The summed E-state index contributed by atoms with van der Waals surface area (Å²) >= 11 is 1.69. The smallest absolute Gasteiger partial charge is 0.270 e. The summed E-state index contributed by atoms with van der Waals surface area (Å²) in [5.74, 6) is -0.0864. The number of thiazole rings is 1. The van der Waals surface area contributed by atoms with Crippen LogP contribution >= 0.6 is 11.3 Å². The van der Waals surface area contributed by atoms with Crippen molar-refractivity contribution in [3.05, 3.63) is 69.3 Å². The normalized spacial score (nSPS) is 14.6. The number of rotatable bonds is 4. The molecule has 1 aliphatic rings. The number of nitro benzene ring substituents is 1. The van der Waals surface area contributed by atoms with Gasteiger partial charge in [-0.05, 0) is 48.7 Å². The van der Waals surface area contributed by atoms with Gasteiger partial charge in [0.1, 0.15) is 0 Å². The third kappa shape index (κ3) is 4.18. The van der Waals surface area contributed by atoms with E-state index in [2.05, 4.69) is 30.9 Å². The third-order valence-electron chi connectivity index (χ3n) is 5.35. The van der Waals surface area contributed by atoms with E-state index in [-0.39, 0.29) is 11.6 Å². The highest BCUT2D eigenvalue weighted by atomic mass is 32.1. The van der Waals surface area contributed by atoms with Crippen LogP contribution in [0.4, 0.5) is 10.8 Å². The van der Waals surface area contributed by atoms with Crippen LogP contribution in [0.3, 0.4) is 0 Å². The fraction of sp³-hybridized carbons (Fsp3) is 0.273. The molecule has 2 aromatic carbocycles. The lowest BCUT2D eigenvalue weighted by atomic mass is 10.1. The van der Waals surface area contributed by atoms with Gasteiger partial charge in [-0.2, -0.15) is 0 Å². The Bertz CT molecular complexity index is 1110. The molecule has 1 saturated heterocycles. The molecule has 0 radical (unpaired) electrons. The van der Waals surface area contributed by atoms with Gasteiger partial charge in [-0.15, -0.1) is 0 Å². The van der Waals surface area contributed by atoms with Crippen molar-refractivity contribution in [1.29, 1.82) is 0 Å². The Balaban J connectivity index is 1.39. The van der Waals surface area contributed by atoms with E-state index < -0.39 is 4.92 Å². The summed E-state index contributed by atoms with van der Waals surface area (Å²) in [4.78, 5) is 31.8. The van der Waals surface area contributed by atoms with Crippen LogP contribution in [-0.2, 0) is 4.79 Å². The fourth-order valence-electron chi connectivity index (χ4n) is 3.44. The lowest BCUT2D eigenvalue weighted by molar-refractivity contribution is -0.384. The Labute approximate surface area is 178 Å². The monoisotopic (exact) mass is 422 g/mol. The third-order valence-corrected chi connectivity index (χ3v) is 6.43. The number of fused-ring (bicyclic) bond motifs is 1. The Kier molecular flexibility index (Phi) is 5.50. The average molecular weight is 423 g/mol. The molecule has 1 amide bonds. The number of carbonyl (C=O) groups is 1. The Hall–Kier alpha value is -3.26. The molecular formula is C22H22N4O3S. The number of non-ortho nitro benzene ring substituents is 1. The predicted octanol–water partition coefficient (Wildman–Crippen LogP) is 4.18. The zero-order chi connectivity index (χ0) is 21.3. The van der Waals surface area contributed by atoms with Crippen LogP contribution < -0.4 is 4.90 Å². The molecule has 2 heterocycles. The Morgan fingerprint density at radius 1 is 1.13 bits per heavy atom. The molecule has 0 N–H and O–H groups in total. The molecule has 1 aliphatic heterocycles. The van der Waals surface area contributed by atoms with Crippen molar-refractivity contribution in [3.8, 4) is 0 Å². The Morgan fingerprint density at radius 3 is 2.60 bits per heavy atom. The molecule has 4 rings (SSSR count). The number of aromatic nitrogens is 1. The van der Waals surface area contributed by atoms with E-state index in [0.29, 0.717) is 18.7 Å². The number of nitro groups is 1. The van der Waals surface area contributed by atoms with Crippen LogP contribution in [0.2, 0.25) is 0 Å². The van der Waals surface area contributed by atoms with Gasteiger partial charge in [0.05, 0.1) is 15.1 Å². The van der Waals surface area contributed by atoms with Gasteiger partial charge in [0.15, 0.2) is 5.13 Å². The summed E-state index contributed by atoms with van der Waals surface area (Å²) in [6.07, 6.45) is 3.11. The summed E-state index contributed by atoms with van der Waals surface area (Å²) in [6, 6.07) is 10.6. The Morgan fingerprint density at radius 2 is 1.87 bits per heavy atom. The number of hydrogen-bond donors (Lipinski definition) is 0. The maximum atomic E-state index is 12.5. The van der Waals surface area contributed by atoms with Crippen molar-refractivity contribution < 1.29 is 9.72 Å². The number of benzene rings is 2. The highest BCUT2D eigenvalue weighted by Crippen LogP contribution is 2.31. The first-order valence-corrected chi connectivity index (χ1v) is 10.6. The fourth-order valence-corrected chi connectivity index (χ4v) is 4.53. The summed E-state index contributed by atoms with van der Waals surface area (Å²) in [5, 5.41) is 11.9. The van der Waals surface area contributed by atoms with Gasteiger partial charge >= 0.3 is 0 Å². The van der Waals surface area contributed by atoms with E-state index in [1.54, 1.807) is 34.4 Å². The van der Waals surface area contributed by atoms with Crippen molar-refractivity contribution in [2.45, 2.75) is 13.8 Å². The van der Waals surface area contributed by atoms with Gasteiger partial charge in [-0.25, -0.2) is 4.98 Å². The quantitative estimate of drug-likeness (QED) is 0.358. The molecule has 0 spiro atoms. The molecule has 3 aromatic rings. The number of piperazine rings is 1. The number of carbonyl (C=O) groups excluding carboxylic acids is 1. The van der Waals surface area contributed by atoms with Crippen LogP contribution in [-0.4, -0.2) is 46.9 Å². The van der Waals surface area contributed by atoms with Crippen LogP contribution in [0, 0.1) is 24.0 Å². The number of nitrogens with zero attached hydrogens (tertiary/aromatic N) is 4. The highest BCUT2D eigenvalue weighted by Gasteiger charge is 2.22. The molecule has 30 heavy (non-hydrogen) atoms. The molecule has 8 heteroatoms. The van der Waals surface area contributed by atoms with Crippen molar-refractivity contribution in [3.63, 3.8) is 0 Å². The van der Waals surface area contributed by atoms with E-state index in [9.17, 15) is 14.9 Å². The topological polar surface area (TPSA) is 79.6 Å². The van der Waals surface area contributed by atoms with Gasteiger partial charge in [-0.1, -0.05) is 23.5 Å². The first kappa shape index (κ1) is 20.0. The standard InChI is InChI=1S/C22H22N4O3S/c1-15-12-19-20(13-16(15)2)30-22(23-19)25-10-8-24(9-11-25)21(27)7-6-17-4-3-5-18(14-17)26(28)29/h3-7,12-14H,8-11H2,1-2H3/b7-6+. The van der Waals surface area contributed by atoms with E-state index in [4.69, 9.17) is 4.98 Å². The van der Waals surface area contributed by atoms with E-state index in [1.807, 2.05) is 0 Å². The van der Waals surface area contributed by atoms with Gasteiger partial charge in [0.2, 0.25) is 5.91 Å². The minimum Gasteiger partial charge on any atom is -0.345 e. The molecule has 7 nitrogen and oxygen atoms in total. The molecule has 1 fully saturated rings. The molecule has 0 saturated carbocycles. The van der Waals surface area contributed by atoms with Crippen LogP contribution in [0.1, 0.15) is 16.7 Å². The minimum atomic E-state index is -0.441. The predicted molar refractivity (Wildman–Crippen MR) is 120 cm³/mol. The molecule has 154 valence electrons. The van der Waals surface area contributed by atoms with E-state index in [1.165, 1.54) is 34.0 Å². The van der Waals surface area contributed by atoms with Crippen LogP contribution in [0.15, 0.2) is 42.5 Å². The number of amides is 1. The average Bonchev–Trinajstić information content (AvgIpc) is 3.15. The zero-order valence-electron chi connectivity index (χ0n) is 16.9. The maximum Gasteiger partial charge on any atom is 0.270 e. The molecule has 0 bridgehead atoms. The highest BCUT2D eigenvalue weighted by molar-refractivity contribution is 7.22. The molecular weight excluding hydrogens is 400 g/mol. The number of aryl methyl sites for hydroxylation is 2. The van der Waals surface area contributed by atoms with Gasteiger partial charge in [-0.3, -0.25) is 14.9 Å². The largest absolute Gasteiger partial charge is 0.345 e. The second-order valence-corrected chi connectivity index (χ2v) is 8.41. The lowest BCUT2D eigenvalue weighted by Gasteiger charge is -2.34. The van der Waals surface area contributed by atoms with Gasteiger partial charge < -0.3 is 9.80 Å². The van der Waals surface area contributed by atoms with Gasteiger partial charge in [0, 0.05) is 44.4 Å². The number of hydrogen-bond acceptors (Lipinski definition) is 6. The van der Waals surface area contributed by atoms with Crippen molar-refractivity contribution in [2.75, 3.05) is 31.1 Å². The molecule has 0 aliphatic carbocycles. The maximum absolute atomic E-state index is 12.5. The summed E-state index contributed by atoms with van der Waals surface area (Å²) in [5.41, 5.74) is 4.18.